The van der Waals surface area contributed by atoms with Crippen LogP contribution in [0.3, 0.4) is 0 Å². The van der Waals surface area contributed by atoms with Gasteiger partial charge in [-0.25, -0.2) is 4.79 Å². The second-order valence-electron chi connectivity index (χ2n) is 3.81. The van der Waals surface area contributed by atoms with Crippen LogP contribution in [-0.4, -0.2) is 23.4 Å². The highest BCUT2D eigenvalue weighted by atomic mass is 35.5. The number of carbonyl (C=O) groups excluding carboxylic acids is 2. The number of ketones is 1. The van der Waals surface area contributed by atoms with Gasteiger partial charge in [0.2, 0.25) is 5.78 Å². The lowest BCUT2D eigenvalue weighted by atomic mass is 10.2. The number of rotatable bonds is 2. The van der Waals surface area contributed by atoms with E-state index in [9.17, 15) is 9.59 Å². The lowest BCUT2D eigenvalue weighted by Crippen LogP contribution is -2.31. The molecule has 94 valence electrons. The normalized spacial score (nSPS) is 23.4. The first-order valence-corrected chi connectivity index (χ1v) is 5.84. The average Bonchev–Trinajstić information content (AvgIpc) is 2.36. The van der Waals surface area contributed by atoms with Crippen LogP contribution in [0.15, 0.2) is 42.2 Å². The second kappa shape index (κ2) is 5.33. The van der Waals surface area contributed by atoms with E-state index in [1.165, 1.54) is 6.08 Å². The molecule has 0 bridgehead atoms. The number of alkyl halides is 1. The predicted molar refractivity (Wildman–Crippen MR) is 65.1 cm³/mol. The fourth-order valence-corrected chi connectivity index (χ4v) is 1.78. The highest BCUT2D eigenvalue weighted by molar-refractivity contribution is 6.32. The van der Waals surface area contributed by atoms with Gasteiger partial charge in [-0.05, 0) is 25.1 Å². The van der Waals surface area contributed by atoms with Crippen LogP contribution in [0.5, 0.6) is 0 Å². The van der Waals surface area contributed by atoms with Gasteiger partial charge in [0.25, 0.3) is 0 Å². The molecule has 0 spiro atoms. The molecule has 1 aliphatic heterocycles. The summed E-state index contributed by atoms with van der Waals surface area (Å²) in [6.07, 6.45) is 1.06. The van der Waals surface area contributed by atoms with Crippen molar-refractivity contribution in [2.75, 3.05) is 0 Å². The number of Topliss-reactive ketones (excluding diaryl/α,β-unsaturated/α-hetero) is 1. The smallest absolute Gasteiger partial charge is 0.343 e. The van der Waals surface area contributed by atoms with E-state index in [0.717, 1.165) is 0 Å². The van der Waals surface area contributed by atoms with Gasteiger partial charge in [0.1, 0.15) is 0 Å². The molecule has 0 aromatic heterocycles. The minimum Gasteiger partial charge on any atom is -0.419 e. The number of hydrogen-bond donors (Lipinski definition) is 0. The number of esters is 1. The van der Waals surface area contributed by atoms with Gasteiger partial charge in [0.05, 0.1) is 11.7 Å². The van der Waals surface area contributed by atoms with Gasteiger partial charge in [-0.2, -0.15) is 0 Å². The lowest BCUT2D eigenvalue weighted by molar-refractivity contribution is -0.128. The topological polar surface area (TPSA) is 52.6 Å². The molecule has 0 N–H and O–H groups in total. The lowest BCUT2D eigenvalue weighted by Gasteiger charge is -2.21. The van der Waals surface area contributed by atoms with Crippen LogP contribution in [0.4, 0.5) is 0 Å². The third-order valence-electron chi connectivity index (χ3n) is 2.38. The Labute approximate surface area is 109 Å². The van der Waals surface area contributed by atoms with Crippen LogP contribution >= 0.6 is 11.6 Å². The highest BCUT2D eigenvalue weighted by Crippen LogP contribution is 2.20. The number of ether oxygens (including phenoxy) is 2. The van der Waals surface area contributed by atoms with E-state index in [1.54, 1.807) is 37.3 Å². The maximum Gasteiger partial charge on any atom is 0.343 e. The van der Waals surface area contributed by atoms with Crippen LogP contribution in [-0.2, 0) is 14.3 Å². The molecular weight excluding hydrogens is 256 g/mol. The first-order chi connectivity index (χ1) is 8.58. The first-order valence-electron chi connectivity index (χ1n) is 5.40. The highest BCUT2D eigenvalue weighted by Gasteiger charge is 2.30. The van der Waals surface area contributed by atoms with Crippen molar-refractivity contribution in [1.29, 1.82) is 0 Å². The SMILES string of the molecule is C[C@@H]1C=C(OC(=O)c2ccccc2)C(=O)[C@@H](Cl)O1. The summed E-state index contributed by atoms with van der Waals surface area (Å²) in [5, 5.41) is 0. The predicted octanol–water partition coefficient (Wildman–Crippen LogP) is 2.28. The van der Waals surface area contributed by atoms with E-state index >= 15 is 0 Å². The van der Waals surface area contributed by atoms with Gasteiger partial charge in [-0.1, -0.05) is 29.8 Å². The molecule has 0 amide bonds. The van der Waals surface area contributed by atoms with Crippen LogP contribution in [0, 0.1) is 0 Å². The van der Waals surface area contributed by atoms with E-state index in [4.69, 9.17) is 21.1 Å². The maximum absolute atomic E-state index is 11.8. The average molecular weight is 267 g/mol. The molecule has 1 heterocycles. The largest absolute Gasteiger partial charge is 0.419 e. The Bertz CT molecular complexity index is 495. The molecule has 2 rings (SSSR count). The number of hydrogen-bond acceptors (Lipinski definition) is 4. The molecule has 0 aliphatic carbocycles. The molecule has 0 fully saturated rings. The summed E-state index contributed by atoms with van der Waals surface area (Å²) in [6.45, 7) is 1.71. The summed E-state index contributed by atoms with van der Waals surface area (Å²) in [5.74, 6) is -1.20. The minimum absolute atomic E-state index is 0.0670. The zero-order valence-electron chi connectivity index (χ0n) is 9.63. The van der Waals surface area contributed by atoms with Crippen molar-refractivity contribution in [1.82, 2.24) is 0 Å². The molecule has 18 heavy (non-hydrogen) atoms. The molecule has 1 aromatic rings. The fraction of sp³-hybridized carbons (Fsp3) is 0.231. The molecule has 5 heteroatoms. The van der Waals surface area contributed by atoms with Crippen molar-refractivity contribution in [3.8, 4) is 0 Å². The van der Waals surface area contributed by atoms with Crippen molar-refractivity contribution in [2.45, 2.75) is 18.6 Å². The van der Waals surface area contributed by atoms with Gasteiger partial charge < -0.3 is 9.47 Å². The molecule has 4 nitrogen and oxygen atoms in total. The van der Waals surface area contributed by atoms with Crippen molar-refractivity contribution >= 4 is 23.4 Å². The van der Waals surface area contributed by atoms with Crippen LogP contribution in [0.25, 0.3) is 0 Å². The van der Waals surface area contributed by atoms with Crippen LogP contribution in [0.2, 0.25) is 0 Å². The molecule has 0 unspecified atom stereocenters. The standard InChI is InChI=1S/C13H11ClO4/c1-8-7-10(11(15)12(14)17-8)18-13(16)9-5-3-2-4-6-9/h2-8,12H,1H3/t8-,12+/m1/s1. The Balaban J connectivity index is 2.14. The molecule has 1 aliphatic rings. The monoisotopic (exact) mass is 266 g/mol. The van der Waals surface area contributed by atoms with E-state index in [1.807, 2.05) is 0 Å². The maximum atomic E-state index is 11.8. The summed E-state index contributed by atoms with van der Waals surface area (Å²) in [7, 11) is 0. The number of carbonyl (C=O) groups is 2. The van der Waals surface area contributed by atoms with Gasteiger partial charge in [0, 0.05) is 0 Å². The fourth-order valence-electron chi connectivity index (χ4n) is 1.51. The van der Waals surface area contributed by atoms with E-state index < -0.39 is 17.3 Å². The van der Waals surface area contributed by atoms with Crippen LogP contribution in [0.1, 0.15) is 17.3 Å². The number of halogens is 1. The summed E-state index contributed by atoms with van der Waals surface area (Å²) in [5.41, 5.74) is -0.736. The zero-order chi connectivity index (χ0) is 13.1. The van der Waals surface area contributed by atoms with Gasteiger partial charge in [0.15, 0.2) is 11.3 Å². The van der Waals surface area contributed by atoms with Crippen LogP contribution < -0.4 is 0 Å². The zero-order valence-corrected chi connectivity index (χ0v) is 10.4. The molecule has 0 saturated carbocycles. The molecule has 0 radical (unpaired) electrons. The molecule has 1 aromatic carbocycles. The first kappa shape index (κ1) is 12.8. The van der Waals surface area contributed by atoms with Crippen molar-refractivity contribution < 1.29 is 19.1 Å². The Kier molecular flexibility index (Phi) is 3.79. The van der Waals surface area contributed by atoms with E-state index in [2.05, 4.69) is 0 Å². The third-order valence-corrected chi connectivity index (χ3v) is 2.68. The number of benzene rings is 1. The van der Waals surface area contributed by atoms with Gasteiger partial charge in [-0.3, -0.25) is 4.79 Å². The van der Waals surface area contributed by atoms with E-state index in [-0.39, 0.29) is 11.9 Å². The third kappa shape index (κ3) is 2.78. The molecule has 0 saturated heterocycles. The van der Waals surface area contributed by atoms with Gasteiger partial charge in [-0.15, -0.1) is 0 Å². The Morgan fingerprint density at radius 2 is 2.00 bits per heavy atom. The second-order valence-corrected chi connectivity index (χ2v) is 4.20. The molecular formula is C13H11ClO4. The van der Waals surface area contributed by atoms with E-state index in [0.29, 0.717) is 5.56 Å². The Morgan fingerprint density at radius 1 is 1.33 bits per heavy atom. The molecule has 2 atom stereocenters. The van der Waals surface area contributed by atoms with Gasteiger partial charge >= 0.3 is 5.97 Å². The summed E-state index contributed by atoms with van der Waals surface area (Å²) >= 11 is 5.68. The van der Waals surface area contributed by atoms with Crippen molar-refractivity contribution in [3.63, 3.8) is 0 Å². The summed E-state index contributed by atoms with van der Waals surface area (Å²) in [6, 6.07) is 8.42. The summed E-state index contributed by atoms with van der Waals surface area (Å²) in [4.78, 5) is 23.4. The van der Waals surface area contributed by atoms with Crippen molar-refractivity contribution in [2.24, 2.45) is 0 Å². The minimum atomic E-state index is -1.11. The Hall–Kier alpha value is -1.65. The quantitative estimate of drug-likeness (QED) is 0.609. The van der Waals surface area contributed by atoms with Crippen molar-refractivity contribution in [3.05, 3.63) is 47.7 Å². The summed E-state index contributed by atoms with van der Waals surface area (Å²) < 4.78 is 10.1. The Morgan fingerprint density at radius 3 is 2.67 bits per heavy atom.